The molecule has 0 unspecified atom stereocenters. The predicted octanol–water partition coefficient (Wildman–Crippen LogP) is 6.92. The topological polar surface area (TPSA) is 231 Å². The number of carbonyl (C=O) groups excluding carboxylic acids is 6. The first kappa shape index (κ1) is 54.0. The van der Waals surface area contributed by atoms with Gasteiger partial charge in [-0.25, -0.2) is 4.79 Å². The van der Waals surface area contributed by atoms with Gasteiger partial charge in [-0.15, -0.1) is 0 Å². The maximum atomic E-state index is 14.3. The van der Waals surface area contributed by atoms with Crippen molar-refractivity contribution in [3.05, 3.63) is 47.5 Å². The number of phenols is 2. The fraction of sp³-hybridized carbons (Fsp3) is 0.620. The van der Waals surface area contributed by atoms with Crippen LogP contribution < -0.4 is 10.6 Å². The number of carbonyl (C=O) groups is 7. The van der Waals surface area contributed by atoms with Crippen LogP contribution >= 0.6 is 0 Å². The number of aliphatic carboxylic acids is 1. The summed E-state index contributed by atoms with van der Waals surface area (Å²) in [5, 5.41) is 47.0. The maximum absolute atomic E-state index is 14.3. The number of fused-ring (bicyclic) bond motifs is 5. The molecule has 2 aromatic carbocycles. The second kappa shape index (κ2) is 27.9. The van der Waals surface area contributed by atoms with Gasteiger partial charge in [-0.2, -0.15) is 0 Å². The van der Waals surface area contributed by atoms with E-state index >= 15 is 0 Å². The van der Waals surface area contributed by atoms with Crippen LogP contribution in [0.5, 0.6) is 11.5 Å². The van der Waals surface area contributed by atoms with E-state index in [-0.39, 0.29) is 72.6 Å². The zero-order valence-corrected chi connectivity index (χ0v) is 39.2. The number of rotatable bonds is 26. The molecule has 0 aliphatic carbocycles. The molecule has 2 aromatic rings. The van der Waals surface area contributed by atoms with Crippen molar-refractivity contribution >= 4 is 41.2 Å². The molecular weight excluding hydrogens is 833 g/mol. The fourth-order valence-corrected chi connectivity index (χ4v) is 8.43. The minimum Gasteiger partial charge on any atom is -0.507 e. The summed E-state index contributed by atoms with van der Waals surface area (Å²) in [6.07, 6.45) is 15.0. The first-order chi connectivity index (χ1) is 31.0. The average molecular weight is 907 g/mol. The van der Waals surface area contributed by atoms with Gasteiger partial charge in [0.15, 0.2) is 11.6 Å². The number of likely N-dealkylation sites (N-methyl/N-ethyl adjacent to an activating group) is 2. The van der Waals surface area contributed by atoms with Crippen LogP contribution in [0.25, 0.3) is 11.1 Å². The van der Waals surface area contributed by atoms with Crippen molar-refractivity contribution in [2.75, 3.05) is 20.7 Å². The SMILES string of the molecule is CCCCCCCCCCCCCCCC(=O)N(C)[C@H](CO)C(=O)N[C@H](C)C(=O)CCC(=O)N(C)[C@@H]1C(=O)C[C@@H](CCC)C(=O)N[C@H](C(=O)O)Cc2ccc(O)c(c2)-c2cc1ccc2O. The minimum atomic E-state index is -1.36. The molecule has 1 heterocycles. The van der Waals surface area contributed by atoms with Gasteiger partial charge in [0, 0.05) is 63.2 Å². The lowest BCUT2D eigenvalue weighted by atomic mass is 9.88. The molecule has 6 N–H and O–H groups in total. The number of carboxylic acid groups (broad SMARTS) is 1. The van der Waals surface area contributed by atoms with Gasteiger partial charge < -0.3 is 40.9 Å². The standard InChI is InChI=1S/C50H74N4O11/c1-6-8-9-10-11-12-13-14-15-16-17-18-19-21-45(60)53(4)40(32-55)49(63)51-33(3)41(56)26-27-46(61)54(5)47-35-23-25-43(58)38(30-35)37-28-34(22-24-42(37)57)29-39(50(64)65)52-48(62)36(20-7-2)31-44(47)59/h22-25,28,30,33,36,39-40,47,55,57-58H,6-21,26-27,29,31-32H2,1-5H3,(H,51,63)(H,52,62)(H,64,65)/t33-,36-,39+,40-,47+/m1/s1. The molecular formula is C50H74N4O11. The van der Waals surface area contributed by atoms with E-state index in [1.54, 1.807) is 0 Å². The molecule has 0 radical (unpaired) electrons. The Kier molecular flexibility index (Phi) is 23.2. The molecule has 1 aliphatic rings. The third kappa shape index (κ3) is 16.9. The zero-order chi connectivity index (χ0) is 48.1. The second-order valence-corrected chi connectivity index (χ2v) is 17.7. The van der Waals surface area contributed by atoms with Gasteiger partial charge in [0.1, 0.15) is 29.6 Å². The van der Waals surface area contributed by atoms with Crippen LogP contribution in [0.15, 0.2) is 36.4 Å². The first-order valence-electron chi connectivity index (χ1n) is 23.7. The lowest BCUT2D eigenvalue weighted by molar-refractivity contribution is -0.143. The van der Waals surface area contributed by atoms with Gasteiger partial charge in [-0.1, -0.05) is 109 Å². The highest BCUT2D eigenvalue weighted by Crippen LogP contribution is 2.39. The number of carboxylic acids is 1. The van der Waals surface area contributed by atoms with Crippen LogP contribution in [0, 0.1) is 5.92 Å². The smallest absolute Gasteiger partial charge is 0.326 e. The van der Waals surface area contributed by atoms with Crippen LogP contribution in [0.3, 0.4) is 0 Å². The summed E-state index contributed by atoms with van der Waals surface area (Å²) >= 11 is 0. The Balaban J connectivity index is 1.64. The molecule has 0 saturated carbocycles. The number of nitrogens with one attached hydrogen (secondary N) is 2. The van der Waals surface area contributed by atoms with Gasteiger partial charge in [0.2, 0.25) is 23.6 Å². The number of aliphatic hydroxyl groups is 1. The van der Waals surface area contributed by atoms with Crippen molar-refractivity contribution in [1.82, 2.24) is 20.4 Å². The van der Waals surface area contributed by atoms with E-state index in [1.807, 2.05) is 6.92 Å². The molecule has 1 aliphatic heterocycles. The summed E-state index contributed by atoms with van der Waals surface area (Å²) in [6, 6.07) is 3.58. The second-order valence-electron chi connectivity index (χ2n) is 17.7. The number of unbranched alkanes of at least 4 members (excludes halogenated alkanes) is 12. The molecule has 0 aromatic heterocycles. The van der Waals surface area contributed by atoms with Crippen LogP contribution in [-0.4, -0.2) is 110 Å². The van der Waals surface area contributed by atoms with Crippen molar-refractivity contribution < 1.29 is 54.0 Å². The molecule has 0 spiro atoms. The predicted molar refractivity (Wildman–Crippen MR) is 248 cm³/mol. The number of Topliss-reactive ketones (excluding diaryl/α,β-unsaturated/α-hetero) is 2. The Labute approximate surface area is 384 Å². The van der Waals surface area contributed by atoms with Gasteiger partial charge in [0.05, 0.1) is 12.6 Å². The van der Waals surface area contributed by atoms with E-state index in [0.29, 0.717) is 18.4 Å². The number of aromatic hydroxyl groups is 2. The van der Waals surface area contributed by atoms with Crippen LogP contribution in [-0.2, 0) is 40.0 Å². The van der Waals surface area contributed by atoms with Gasteiger partial charge in [-0.05, 0) is 55.2 Å². The quantitative estimate of drug-likeness (QED) is 0.0531. The summed E-state index contributed by atoms with van der Waals surface area (Å²) in [5.74, 6) is -6.07. The fourth-order valence-electron chi connectivity index (χ4n) is 8.43. The normalized spacial score (nSPS) is 17.3. The Bertz CT molecular complexity index is 1920. The molecule has 5 atom stereocenters. The molecule has 15 heteroatoms. The summed E-state index contributed by atoms with van der Waals surface area (Å²) in [6.45, 7) is 4.83. The number of amides is 4. The molecule has 0 saturated heterocycles. The molecule has 15 nitrogen and oxygen atoms in total. The Morgan fingerprint density at radius 3 is 1.88 bits per heavy atom. The number of hydrogen-bond donors (Lipinski definition) is 6. The molecule has 0 fully saturated rings. The maximum Gasteiger partial charge on any atom is 0.326 e. The summed E-state index contributed by atoms with van der Waals surface area (Å²) in [5.41, 5.74) is 0.955. The van der Waals surface area contributed by atoms with E-state index in [4.69, 9.17) is 0 Å². The molecule has 65 heavy (non-hydrogen) atoms. The average Bonchev–Trinajstić information content (AvgIpc) is 3.27. The van der Waals surface area contributed by atoms with Crippen molar-refractivity contribution in [2.24, 2.45) is 5.92 Å². The third-order valence-corrected chi connectivity index (χ3v) is 12.5. The van der Waals surface area contributed by atoms with Gasteiger partial charge in [-0.3, -0.25) is 28.8 Å². The highest BCUT2D eigenvalue weighted by atomic mass is 16.4. The van der Waals surface area contributed by atoms with E-state index in [0.717, 1.165) is 24.2 Å². The highest BCUT2D eigenvalue weighted by molar-refractivity contribution is 5.97. The van der Waals surface area contributed by atoms with E-state index in [9.17, 15) is 54.0 Å². The molecule has 4 bridgehead atoms. The first-order valence-corrected chi connectivity index (χ1v) is 23.7. The summed E-state index contributed by atoms with van der Waals surface area (Å²) < 4.78 is 0. The lowest BCUT2D eigenvalue weighted by Gasteiger charge is -2.30. The summed E-state index contributed by atoms with van der Waals surface area (Å²) in [4.78, 5) is 95.8. The number of aliphatic hydroxyl groups excluding tert-OH is 1. The van der Waals surface area contributed by atoms with E-state index in [1.165, 1.54) is 120 Å². The molecule has 4 amide bonds. The van der Waals surface area contributed by atoms with Crippen molar-refractivity contribution in [3.8, 4) is 22.6 Å². The minimum absolute atomic E-state index is 0.117. The van der Waals surface area contributed by atoms with E-state index in [2.05, 4.69) is 17.6 Å². The Hall–Kier alpha value is -5.31. The number of nitrogens with zero attached hydrogens (tertiary/aromatic N) is 2. The van der Waals surface area contributed by atoms with Crippen LogP contribution in [0.4, 0.5) is 0 Å². The van der Waals surface area contributed by atoms with Crippen molar-refractivity contribution in [1.29, 1.82) is 0 Å². The van der Waals surface area contributed by atoms with Crippen LogP contribution in [0.2, 0.25) is 0 Å². The van der Waals surface area contributed by atoms with E-state index < -0.39 is 71.9 Å². The molecule has 360 valence electrons. The van der Waals surface area contributed by atoms with Crippen molar-refractivity contribution in [2.45, 2.75) is 173 Å². The zero-order valence-electron chi connectivity index (χ0n) is 39.2. The van der Waals surface area contributed by atoms with Crippen LogP contribution in [0.1, 0.15) is 160 Å². The van der Waals surface area contributed by atoms with Crippen molar-refractivity contribution in [3.63, 3.8) is 0 Å². The number of ketones is 2. The Morgan fingerprint density at radius 2 is 1.31 bits per heavy atom. The largest absolute Gasteiger partial charge is 0.507 e. The third-order valence-electron chi connectivity index (χ3n) is 12.5. The highest BCUT2D eigenvalue weighted by Gasteiger charge is 2.35. The number of benzene rings is 2. The monoisotopic (exact) mass is 907 g/mol. The molecule has 3 rings (SSSR count). The lowest BCUT2D eigenvalue weighted by Crippen LogP contribution is -2.53. The number of hydrogen-bond acceptors (Lipinski definition) is 10. The van der Waals surface area contributed by atoms with Gasteiger partial charge in [0.25, 0.3) is 0 Å². The Morgan fingerprint density at radius 1 is 0.738 bits per heavy atom. The van der Waals surface area contributed by atoms with Gasteiger partial charge >= 0.3 is 5.97 Å². The summed E-state index contributed by atoms with van der Waals surface area (Å²) in [7, 11) is 2.82. The number of phenolic OH excluding ortho intramolecular Hbond substituents is 2.